The second kappa shape index (κ2) is 9.91. The number of hydrogen-bond donors (Lipinski definition) is 2. The normalized spacial score (nSPS) is 24.0. The minimum atomic E-state index is -0.302. The lowest BCUT2D eigenvalue weighted by Crippen LogP contribution is -2.61. The summed E-state index contributed by atoms with van der Waals surface area (Å²) in [4.78, 5) is 27.3. The van der Waals surface area contributed by atoms with Crippen molar-refractivity contribution in [3.05, 3.63) is 24.3 Å². The molecule has 1 aromatic rings. The molecular formula is C20H30N4O5. The topological polar surface area (TPSA) is 92.4 Å². The molecule has 0 aromatic heterocycles. The number of benzene rings is 1. The standard InChI is InChI=1S/C20H30N4O5/c1-23-18-17(19(25)24(2)20(23)26)14(21-22-18)8-6-11-28-12-7-13-29-16-10-5-4-9-15(16)27-3/h4-5,9-10,14,17-18,21-22H,6-8,11-13H2,1-3H3. The van der Waals surface area contributed by atoms with E-state index in [-0.39, 0.29) is 30.1 Å². The minimum Gasteiger partial charge on any atom is -0.493 e. The summed E-state index contributed by atoms with van der Waals surface area (Å²) in [6.07, 6.45) is 2.09. The molecule has 2 N–H and O–H groups in total. The first kappa shape index (κ1) is 21.4. The molecule has 160 valence electrons. The molecule has 9 heteroatoms. The first-order chi connectivity index (χ1) is 14.0. The molecule has 1 aromatic carbocycles. The Hall–Kier alpha value is -2.36. The number of rotatable bonds is 10. The molecule has 3 rings (SSSR count). The first-order valence-electron chi connectivity index (χ1n) is 9.93. The van der Waals surface area contributed by atoms with Crippen LogP contribution < -0.4 is 20.3 Å². The van der Waals surface area contributed by atoms with Crippen molar-refractivity contribution in [2.24, 2.45) is 5.92 Å². The molecule has 3 unspecified atom stereocenters. The van der Waals surface area contributed by atoms with Crippen molar-refractivity contribution >= 4 is 11.9 Å². The minimum absolute atomic E-state index is 0.0250. The van der Waals surface area contributed by atoms with Crippen LogP contribution in [0.2, 0.25) is 0 Å². The van der Waals surface area contributed by atoms with E-state index in [1.807, 2.05) is 24.3 Å². The van der Waals surface area contributed by atoms with Crippen molar-refractivity contribution in [1.29, 1.82) is 0 Å². The summed E-state index contributed by atoms with van der Waals surface area (Å²) < 4.78 is 16.7. The Bertz CT molecular complexity index is 716. The number of nitrogens with zero attached hydrogens (tertiary/aromatic N) is 2. The van der Waals surface area contributed by atoms with Gasteiger partial charge in [0.15, 0.2) is 11.5 Å². The third-order valence-electron chi connectivity index (χ3n) is 5.38. The van der Waals surface area contributed by atoms with E-state index >= 15 is 0 Å². The van der Waals surface area contributed by atoms with E-state index in [1.54, 1.807) is 19.1 Å². The van der Waals surface area contributed by atoms with Crippen LogP contribution in [0.3, 0.4) is 0 Å². The Morgan fingerprint density at radius 3 is 2.48 bits per heavy atom. The zero-order valence-electron chi connectivity index (χ0n) is 17.2. The van der Waals surface area contributed by atoms with E-state index in [0.29, 0.717) is 19.8 Å². The van der Waals surface area contributed by atoms with Gasteiger partial charge >= 0.3 is 6.03 Å². The predicted octanol–water partition coefficient (Wildman–Crippen LogP) is 1.20. The van der Waals surface area contributed by atoms with Gasteiger partial charge in [0.25, 0.3) is 0 Å². The fourth-order valence-corrected chi connectivity index (χ4v) is 3.75. The van der Waals surface area contributed by atoms with Gasteiger partial charge in [0.05, 0.1) is 19.6 Å². The maximum Gasteiger partial charge on any atom is 0.327 e. The van der Waals surface area contributed by atoms with Gasteiger partial charge in [-0.1, -0.05) is 12.1 Å². The maximum atomic E-state index is 12.5. The number of hydrogen-bond acceptors (Lipinski definition) is 7. The Balaban J connectivity index is 1.31. The fourth-order valence-electron chi connectivity index (χ4n) is 3.75. The van der Waals surface area contributed by atoms with Crippen LogP contribution in [0.1, 0.15) is 19.3 Å². The van der Waals surface area contributed by atoms with E-state index in [1.165, 1.54) is 11.9 Å². The molecule has 2 heterocycles. The van der Waals surface area contributed by atoms with E-state index in [9.17, 15) is 9.59 Å². The number of nitrogens with one attached hydrogen (secondary N) is 2. The lowest BCUT2D eigenvalue weighted by molar-refractivity contribution is -0.136. The van der Waals surface area contributed by atoms with Gasteiger partial charge in [0.1, 0.15) is 6.17 Å². The van der Waals surface area contributed by atoms with Gasteiger partial charge in [-0.15, -0.1) is 0 Å². The molecular weight excluding hydrogens is 376 g/mol. The van der Waals surface area contributed by atoms with Crippen LogP contribution in [0.15, 0.2) is 24.3 Å². The Kier molecular flexibility index (Phi) is 7.29. The summed E-state index contributed by atoms with van der Waals surface area (Å²) in [6.45, 7) is 1.78. The summed E-state index contributed by atoms with van der Waals surface area (Å²) in [5.41, 5.74) is 6.24. The molecule has 0 bridgehead atoms. The number of para-hydroxylation sites is 2. The molecule has 2 aliphatic heterocycles. The number of carbonyl (C=O) groups excluding carboxylic acids is 2. The highest BCUT2D eigenvalue weighted by atomic mass is 16.5. The van der Waals surface area contributed by atoms with Crippen molar-refractivity contribution in [3.8, 4) is 11.5 Å². The molecule has 2 saturated heterocycles. The number of imide groups is 1. The Morgan fingerprint density at radius 1 is 1.00 bits per heavy atom. The van der Waals surface area contributed by atoms with Crippen molar-refractivity contribution in [1.82, 2.24) is 20.7 Å². The number of carbonyl (C=O) groups is 2. The first-order valence-corrected chi connectivity index (χ1v) is 9.93. The van der Waals surface area contributed by atoms with Crippen LogP contribution in [0, 0.1) is 5.92 Å². The van der Waals surface area contributed by atoms with Gasteiger partial charge in [-0.25, -0.2) is 10.2 Å². The van der Waals surface area contributed by atoms with Crippen molar-refractivity contribution in [2.45, 2.75) is 31.5 Å². The van der Waals surface area contributed by atoms with Crippen molar-refractivity contribution < 1.29 is 23.8 Å². The van der Waals surface area contributed by atoms with Crippen LogP contribution in [-0.2, 0) is 9.53 Å². The van der Waals surface area contributed by atoms with E-state index in [4.69, 9.17) is 14.2 Å². The highest BCUT2D eigenvalue weighted by molar-refractivity contribution is 5.98. The van der Waals surface area contributed by atoms with Crippen molar-refractivity contribution in [3.63, 3.8) is 0 Å². The molecule has 3 atom stereocenters. The van der Waals surface area contributed by atoms with Crippen LogP contribution in [0.25, 0.3) is 0 Å². The third kappa shape index (κ3) is 4.80. The monoisotopic (exact) mass is 406 g/mol. The lowest BCUT2D eigenvalue weighted by Gasteiger charge is -2.38. The van der Waals surface area contributed by atoms with Crippen LogP contribution >= 0.6 is 0 Å². The second-order valence-corrected chi connectivity index (χ2v) is 7.26. The molecule has 0 spiro atoms. The highest BCUT2D eigenvalue weighted by Crippen LogP contribution is 2.28. The average molecular weight is 406 g/mol. The van der Waals surface area contributed by atoms with E-state index in [2.05, 4.69) is 10.9 Å². The van der Waals surface area contributed by atoms with Gasteiger partial charge in [-0.05, 0) is 25.0 Å². The van der Waals surface area contributed by atoms with Gasteiger partial charge in [-0.3, -0.25) is 15.1 Å². The van der Waals surface area contributed by atoms with Gasteiger partial charge in [0.2, 0.25) is 5.91 Å². The lowest BCUT2D eigenvalue weighted by atomic mass is 9.92. The SMILES string of the molecule is COc1ccccc1OCCCOCCCC1NNC2C1C(=O)N(C)C(=O)N2C. The average Bonchev–Trinajstić information content (AvgIpc) is 3.17. The number of amides is 3. The molecule has 3 amide bonds. The number of methoxy groups -OCH3 is 1. The summed E-state index contributed by atoms with van der Waals surface area (Å²) >= 11 is 0. The fraction of sp³-hybridized carbons (Fsp3) is 0.600. The van der Waals surface area contributed by atoms with Crippen LogP contribution in [0.5, 0.6) is 11.5 Å². The molecule has 29 heavy (non-hydrogen) atoms. The summed E-state index contributed by atoms with van der Waals surface area (Å²) in [5, 5.41) is 0. The Labute approximate surface area is 171 Å². The number of urea groups is 1. The highest BCUT2D eigenvalue weighted by Gasteiger charge is 2.50. The Morgan fingerprint density at radius 2 is 1.72 bits per heavy atom. The van der Waals surface area contributed by atoms with Crippen molar-refractivity contribution in [2.75, 3.05) is 41.0 Å². The molecule has 0 saturated carbocycles. The van der Waals surface area contributed by atoms with Crippen LogP contribution in [0.4, 0.5) is 4.79 Å². The summed E-state index contributed by atoms with van der Waals surface area (Å²) in [6, 6.07) is 7.25. The summed E-state index contributed by atoms with van der Waals surface area (Å²) in [5.74, 6) is 1.03. The smallest absolute Gasteiger partial charge is 0.327 e. The predicted molar refractivity (Wildman–Crippen MR) is 106 cm³/mol. The number of hydrazine groups is 1. The van der Waals surface area contributed by atoms with Gasteiger partial charge in [-0.2, -0.15) is 0 Å². The van der Waals surface area contributed by atoms with Gasteiger partial charge < -0.3 is 19.1 Å². The van der Waals surface area contributed by atoms with E-state index in [0.717, 1.165) is 30.8 Å². The number of fused-ring (bicyclic) bond motifs is 1. The largest absolute Gasteiger partial charge is 0.493 e. The molecule has 9 nitrogen and oxygen atoms in total. The molecule has 2 fully saturated rings. The van der Waals surface area contributed by atoms with Gasteiger partial charge in [0, 0.05) is 39.8 Å². The maximum absolute atomic E-state index is 12.5. The van der Waals surface area contributed by atoms with Crippen LogP contribution in [-0.4, -0.2) is 75.0 Å². The zero-order valence-corrected chi connectivity index (χ0v) is 17.2. The quantitative estimate of drug-likeness (QED) is 0.564. The molecule has 0 radical (unpaired) electrons. The second-order valence-electron chi connectivity index (χ2n) is 7.26. The molecule has 0 aliphatic carbocycles. The van der Waals surface area contributed by atoms with E-state index < -0.39 is 0 Å². The zero-order chi connectivity index (χ0) is 20.8. The third-order valence-corrected chi connectivity index (χ3v) is 5.38. The summed E-state index contributed by atoms with van der Waals surface area (Å²) in [7, 11) is 4.86. The molecule has 2 aliphatic rings. The number of ether oxygens (including phenoxy) is 3.